The second kappa shape index (κ2) is 2.47. The van der Waals surface area contributed by atoms with Crippen molar-refractivity contribution in [3.63, 3.8) is 0 Å². The molecular weight excluding hydrogens is 140 g/mol. The number of hydrogen-bond acceptors (Lipinski definition) is 2. The largest absolute Gasteiger partial charge is 0.368 e. The molecule has 0 N–H and O–H groups in total. The molecule has 11 heavy (non-hydrogen) atoms. The summed E-state index contributed by atoms with van der Waals surface area (Å²) in [6, 6.07) is 7.51. The second-order valence-electron chi connectivity index (χ2n) is 2.61. The molecule has 1 aliphatic heterocycles. The van der Waals surface area contributed by atoms with Gasteiger partial charge in [-0.15, -0.1) is 0 Å². The number of carbonyl (C=O) groups excluding carboxylic acids is 1. The van der Waals surface area contributed by atoms with Gasteiger partial charge in [0.2, 0.25) is 0 Å². The van der Waals surface area contributed by atoms with Crippen LogP contribution in [0.15, 0.2) is 24.3 Å². The van der Waals surface area contributed by atoms with Gasteiger partial charge in [0.25, 0.3) is 0 Å². The van der Waals surface area contributed by atoms with Crippen molar-refractivity contribution in [2.45, 2.75) is 6.10 Å². The number of hydrogen-bond donors (Lipinski definition) is 0. The Morgan fingerprint density at radius 2 is 2.36 bits per heavy atom. The highest BCUT2D eigenvalue weighted by Crippen LogP contribution is 2.29. The van der Waals surface area contributed by atoms with E-state index in [4.69, 9.17) is 4.74 Å². The van der Waals surface area contributed by atoms with Crippen LogP contribution in [-0.2, 0) is 4.74 Å². The monoisotopic (exact) mass is 148 g/mol. The van der Waals surface area contributed by atoms with Crippen LogP contribution in [0.2, 0.25) is 0 Å². The minimum atomic E-state index is 0.245. The summed E-state index contributed by atoms with van der Waals surface area (Å²) < 4.78 is 5.08. The normalized spacial score (nSPS) is 21.3. The molecule has 1 heterocycles. The molecule has 0 bridgehead atoms. The molecule has 1 aliphatic rings. The highest BCUT2D eigenvalue weighted by atomic mass is 16.6. The fraction of sp³-hybridized carbons (Fsp3) is 0.222. The molecule has 2 rings (SSSR count). The average molecular weight is 148 g/mol. The lowest BCUT2D eigenvalue weighted by Crippen LogP contribution is -1.83. The van der Waals surface area contributed by atoms with Crippen LogP contribution < -0.4 is 0 Å². The molecular formula is C9H8O2. The van der Waals surface area contributed by atoms with E-state index in [1.807, 2.05) is 18.2 Å². The van der Waals surface area contributed by atoms with Crippen LogP contribution in [0.1, 0.15) is 22.0 Å². The Balaban J connectivity index is 2.33. The van der Waals surface area contributed by atoms with E-state index in [2.05, 4.69) is 0 Å². The summed E-state index contributed by atoms with van der Waals surface area (Å²) in [5.74, 6) is 0. The van der Waals surface area contributed by atoms with Crippen molar-refractivity contribution in [3.8, 4) is 0 Å². The summed E-state index contributed by atoms with van der Waals surface area (Å²) in [4.78, 5) is 10.4. The zero-order valence-corrected chi connectivity index (χ0v) is 5.99. The van der Waals surface area contributed by atoms with Crippen LogP contribution in [0.25, 0.3) is 0 Å². The zero-order chi connectivity index (χ0) is 7.68. The number of aldehydes is 1. The molecule has 0 radical (unpaired) electrons. The standard InChI is InChI=1S/C9H8O2/c10-5-7-2-1-3-8(4-7)9-6-11-9/h1-5,9H,6H2. The fourth-order valence-corrected chi connectivity index (χ4v) is 1.07. The minimum Gasteiger partial charge on any atom is -0.368 e. The molecule has 56 valence electrons. The summed E-state index contributed by atoms with van der Waals surface area (Å²) in [7, 11) is 0. The van der Waals surface area contributed by atoms with Crippen LogP contribution in [0, 0.1) is 0 Å². The topological polar surface area (TPSA) is 29.6 Å². The van der Waals surface area contributed by atoms with E-state index in [0.29, 0.717) is 0 Å². The van der Waals surface area contributed by atoms with Crippen molar-refractivity contribution in [1.82, 2.24) is 0 Å². The van der Waals surface area contributed by atoms with Crippen molar-refractivity contribution in [3.05, 3.63) is 35.4 Å². The van der Waals surface area contributed by atoms with Crippen LogP contribution in [0.5, 0.6) is 0 Å². The van der Waals surface area contributed by atoms with Gasteiger partial charge in [0, 0.05) is 5.56 Å². The van der Waals surface area contributed by atoms with Gasteiger partial charge in [-0.2, -0.15) is 0 Å². The van der Waals surface area contributed by atoms with E-state index in [1.165, 1.54) is 0 Å². The Labute approximate surface area is 64.8 Å². The predicted molar refractivity (Wildman–Crippen MR) is 40.5 cm³/mol. The van der Waals surface area contributed by atoms with E-state index >= 15 is 0 Å². The third kappa shape index (κ3) is 1.30. The minimum absolute atomic E-state index is 0.245. The molecule has 0 aliphatic carbocycles. The van der Waals surface area contributed by atoms with Crippen molar-refractivity contribution >= 4 is 6.29 Å². The van der Waals surface area contributed by atoms with Gasteiger partial charge < -0.3 is 4.74 Å². The van der Waals surface area contributed by atoms with Gasteiger partial charge in [0.05, 0.1) is 6.61 Å². The smallest absolute Gasteiger partial charge is 0.150 e. The Morgan fingerprint density at radius 1 is 1.55 bits per heavy atom. The van der Waals surface area contributed by atoms with Crippen LogP contribution >= 0.6 is 0 Å². The molecule has 1 unspecified atom stereocenters. The molecule has 1 atom stereocenters. The van der Waals surface area contributed by atoms with Crippen LogP contribution in [0.3, 0.4) is 0 Å². The molecule has 0 saturated carbocycles. The molecule has 1 aromatic rings. The summed E-state index contributed by atoms with van der Waals surface area (Å²) >= 11 is 0. The zero-order valence-electron chi connectivity index (χ0n) is 5.99. The van der Waals surface area contributed by atoms with E-state index in [0.717, 1.165) is 24.0 Å². The third-order valence-corrected chi connectivity index (χ3v) is 1.75. The van der Waals surface area contributed by atoms with Gasteiger partial charge >= 0.3 is 0 Å². The lowest BCUT2D eigenvalue weighted by atomic mass is 10.1. The Hall–Kier alpha value is -1.15. The van der Waals surface area contributed by atoms with E-state index in [-0.39, 0.29) is 6.10 Å². The summed E-state index contributed by atoms with van der Waals surface area (Å²) in [6.07, 6.45) is 1.10. The first-order valence-corrected chi connectivity index (χ1v) is 3.57. The Kier molecular flexibility index (Phi) is 1.47. The van der Waals surface area contributed by atoms with Gasteiger partial charge in [-0.25, -0.2) is 0 Å². The fourth-order valence-electron chi connectivity index (χ4n) is 1.07. The lowest BCUT2D eigenvalue weighted by Gasteiger charge is -1.94. The summed E-state index contributed by atoms with van der Waals surface area (Å²) in [5.41, 5.74) is 1.83. The van der Waals surface area contributed by atoms with Crippen LogP contribution in [0.4, 0.5) is 0 Å². The maximum absolute atomic E-state index is 10.4. The maximum atomic E-state index is 10.4. The molecule has 2 heteroatoms. The van der Waals surface area contributed by atoms with E-state index < -0.39 is 0 Å². The number of benzene rings is 1. The lowest BCUT2D eigenvalue weighted by molar-refractivity contribution is 0.112. The van der Waals surface area contributed by atoms with Crippen LogP contribution in [-0.4, -0.2) is 12.9 Å². The SMILES string of the molecule is O=Cc1cccc(C2CO2)c1. The quantitative estimate of drug-likeness (QED) is 0.470. The Morgan fingerprint density at radius 3 is 3.00 bits per heavy atom. The average Bonchev–Trinajstić information content (AvgIpc) is 2.87. The summed E-state index contributed by atoms with van der Waals surface area (Å²) in [5, 5.41) is 0. The molecule has 1 fully saturated rings. The molecule has 1 aromatic carbocycles. The van der Waals surface area contributed by atoms with Crippen molar-refractivity contribution in [2.75, 3.05) is 6.61 Å². The molecule has 2 nitrogen and oxygen atoms in total. The molecule has 1 saturated heterocycles. The number of ether oxygens (including phenoxy) is 1. The van der Waals surface area contributed by atoms with E-state index in [1.54, 1.807) is 6.07 Å². The predicted octanol–water partition coefficient (Wildman–Crippen LogP) is 1.57. The maximum Gasteiger partial charge on any atom is 0.150 e. The second-order valence-corrected chi connectivity index (χ2v) is 2.61. The van der Waals surface area contributed by atoms with E-state index in [9.17, 15) is 4.79 Å². The highest BCUT2D eigenvalue weighted by molar-refractivity contribution is 5.75. The third-order valence-electron chi connectivity index (χ3n) is 1.75. The van der Waals surface area contributed by atoms with Crippen molar-refractivity contribution in [1.29, 1.82) is 0 Å². The van der Waals surface area contributed by atoms with Gasteiger partial charge in [-0.1, -0.05) is 18.2 Å². The van der Waals surface area contributed by atoms with Gasteiger partial charge in [0.15, 0.2) is 0 Å². The molecule has 0 spiro atoms. The number of rotatable bonds is 2. The summed E-state index contributed by atoms with van der Waals surface area (Å²) in [6.45, 7) is 0.794. The number of carbonyl (C=O) groups is 1. The van der Waals surface area contributed by atoms with Crippen molar-refractivity contribution < 1.29 is 9.53 Å². The highest BCUT2D eigenvalue weighted by Gasteiger charge is 2.24. The van der Waals surface area contributed by atoms with Gasteiger partial charge in [-0.05, 0) is 11.6 Å². The first-order chi connectivity index (χ1) is 5.40. The van der Waals surface area contributed by atoms with Gasteiger partial charge in [-0.3, -0.25) is 4.79 Å². The first kappa shape index (κ1) is 6.55. The molecule has 0 aromatic heterocycles. The first-order valence-electron chi connectivity index (χ1n) is 3.57. The Bertz CT molecular complexity index is 277. The van der Waals surface area contributed by atoms with Crippen molar-refractivity contribution in [2.24, 2.45) is 0 Å². The number of epoxide rings is 1. The molecule has 0 amide bonds. The van der Waals surface area contributed by atoms with Gasteiger partial charge in [0.1, 0.15) is 12.4 Å².